The Kier molecular flexibility index (Phi) is 4.27. The highest BCUT2D eigenvalue weighted by atomic mass is 79.9. The number of hydrogen-bond donors (Lipinski definition) is 0. The van der Waals surface area contributed by atoms with Gasteiger partial charge in [-0.05, 0) is 24.6 Å². The fourth-order valence-corrected chi connectivity index (χ4v) is 2.13. The Morgan fingerprint density at radius 3 is 2.74 bits per heavy atom. The normalized spacial score (nSPS) is 10.3. The fourth-order valence-electron chi connectivity index (χ4n) is 1.68. The molecule has 0 atom stereocenters. The number of halogens is 1. The summed E-state index contributed by atoms with van der Waals surface area (Å²) in [5.74, 6) is -0.132. The molecule has 0 saturated carbocycles. The summed E-state index contributed by atoms with van der Waals surface area (Å²) in [6, 6.07) is 7.88. The molecule has 0 N–H and O–H groups in total. The van der Waals surface area contributed by atoms with E-state index in [4.69, 9.17) is 0 Å². The predicted octanol–water partition coefficient (Wildman–Crippen LogP) is 2.82. The van der Waals surface area contributed by atoms with Crippen LogP contribution in [0, 0.1) is 6.92 Å². The molecule has 0 bridgehead atoms. The topological polar surface area (TPSA) is 46.1 Å². The molecule has 0 spiro atoms. The van der Waals surface area contributed by atoms with E-state index in [2.05, 4.69) is 25.9 Å². The molecule has 0 aliphatic heterocycles. The minimum absolute atomic E-state index is 0.132. The molecule has 0 saturated heterocycles. The number of hydrogen-bond acceptors (Lipinski definition) is 3. The van der Waals surface area contributed by atoms with Gasteiger partial charge in [0.15, 0.2) is 0 Å². The third kappa shape index (κ3) is 3.61. The number of benzene rings is 1. The van der Waals surface area contributed by atoms with Crippen LogP contribution in [0.5, 0.6) is 0 Å². The molecule has 1 aromatic heterocycles. The van der Waals surface area contributed by atoms with Crippen molar-refractivity contribution < 1.29 is 4.79 Å². The van der Waals surface area contributed by atoms with Crippen LogP contribution in [-0.4, -0.2) is 27.8 Å². The second kappa shape index (κ2) is 5.93. The van der Waals surface area contributed by atoms with Crippen LogP contribution >= 0.6 is 15.9 Å². The third-order valence-electron chi connectivity index (χ3n) is 2.66. The van der Waals surface area contributed by atoms with E-state index in [-0.39, 0.29) is 5.91 Å². The second-order valence-electron chi connectivity index (χ2n) is 4.33. The maximum atomic E-state index is 12.2. The highest BCUT2D eigenvalue weighted by molar-refractivity contribution is 9.10. The molecule has 0 aliphatic carbocycles. The van der Waals surface area contributed by atoms with Gasteiger partial charge in [0.1, 0.15) is 5.69 Å². The van der Waals surface area contributed by atoms with Crippen LogP contribution in [-0.2, 0) is 6.54 Å². The van der Waals surface area contributed by atoms with Crippen molar-refractivity contribution >= 4 is 21.8 Å². The average Bonchev–Trinajstić information content (AvgIpc) is 2.39. The first kappa shape index (κ1) is 13.7. The number of aryl methyl sites for hydroxylation is 1. The summed E-state index contributed by atoms with van der Waals surface area (Å²) in [5.41, 5.74) is 2.22. The first-order chi connectivity index (χ1) is 9.06. The third-order valence-corrected chi connectivity index (χ3v) is 3.15. The van der Waals surface area contributed by atoms with Crippen molar-refractivity contribution in [3.05, 3.63) is 58.1 Å². The van der Waals surface area contributed by atoms with Crippen molar-refractivity contribution in [3.8, 4) is 0 Å². The Morgan fingerprint density at radius 2 is 2.11 bits per heavy atom. The lowest BCUT2D eigenvalue weighted by atomic mass is 10.2. The van der Waals surface area contributed by atoms with Crippen LogP contribution in [0.25, 0.3) is 0 Å². The van der Waals surface area contributed by atoms with Gasteiger partial charge in [0.05, 0.1) is 11.9 Å². The molecule has 0 radical (unpaired) electrons. The molecule has 4 nitrogen and oxygen atoms in total. The van der Waals surface area contributed by atoms with E-state index < -0.39 is 0 Å². The number of nitrogens with zero attached hydrogens (tertiary/aromatic N) is 3. The standard InChI is InChI=1S/C14H14BrN3O/c1-10-7-17-13(8-16-10)14(19)18(2)9-11-4-3-5-12(15)6-11/h3-8H,9H2,1-2H3. The quantitative estimate of drug-likeness (QED) is 0.874. The number of rotatable bonds is 3. The molecule has 0 unspecified atom stereocenters. The predicted molar refractivity (Wildman–Crippen MR) is 76.7 cm³/mol. The van der Waals surface area contributed by atoms with Crippen LogP contribution < -0.4 is 0 Å². The van der Waals surface area contributed by atoms with Crippen molar-refractivity contribution in [1.82, 2.24) is 14.9 Å². The lowest BCUT2D eigenvalue weighted by Gasteiger charge is -2.16. The Balaban J connectivity index is 2.09. The first-order valence-electron chi connectivity index (χ1n) is 5.85. The van der Waals surface area contributed by atoms with E-state index in [0.717, 1.165) is 15.7 Å². The smallest absolute Gasteiger partial charge is 0.274 e. The van der Waals surface area contributed by atoms with Gasteiger partial charge < -0.3 is 4.90 Å². The lowest BCUT2D eigenvalue weighted by molar-refractivity contribution is 0.0779. The number of carbonyl (C=O) groups excluding carboxylic acids is 1. The van der Waals surface area contributed by atoms with Gasteiger partial charge in [-0.15, -0.1) is 0 Å². The average molecular weight is 320 g/mol. The van der Waals surface area contributed by atoms with Crippen molar-refractivity contribution in [2.75, 3.05) is 7.05 Å². The largest absolute Gasteiger partial charge is 0.336 e. The molecule has 0 aliphatic rings. The second-order valence-corrected chi connectivity index (χ2v) is 5.25. The maximum Gasteiger partial charge on any atom is 0.274 e. The molecule has 1 heterocycles. The van der Waals surface area contributed by atoms with Crippen LogP contribution in [0.1, 0.15) is 21.7 Å². The van der Waals surface area contributed by atoms with Crippen LogP contribution in [0.15, 0.2) is 41.1 Å². The Morgan fingerprint density at radius 1 is 1.32 bits per heavy atom. The summed E-state index contributed by atoms with van der Waals surface area (Å²) in [5, 5.41) is 0. The minimum atomic E-state index is -0.132. The van der Waals surface area contributed by atoms with Gasteiger partial charge in [-0.25, -0.2) is 4.98 Å². The summed E-state index contributed by atoms with van der Waals surface area (Å²) in [6.45, 7) is 2.38. The summed E-state index contributed by atoms with van der Waals surface area (Å²) in [6.07, 6.45) is 3.11. The van der Waals surface area contributed by atoms with Crippen molar-refractivity contribution in [2.45, 2.75) is 13.5 Å². The first-order valence-corrected chi connectivity index (χ1v) is 6.64. The molecule has 1 aromatic carbocycles. The van der Waals surface area contributed by atoms with Crippen LogP contribution in [0.3, 0.4) is 0 Å². The van der Waals surface area contributed by atoms with Crippen molar-refractivity contribution in [3.63, 3.8) is 0 Å². The fraction of sp³-hybridized carbons (Fsp3) is 0.214. The summed E-state index contributed by atoms with van der Waals surface area (Å²) >= 11 is 3.42. The van der Waals surface area contributed by atoms with Gasteiger partial charge in [0, 0.05) is 24.3 Å². The molecule has 2 aromatic rings. The molecule has 5 heteroatoms. The van der Waals surface area contributed by atoms with Crippen LogP contribution in [0.4, 0.5) is 0 Å². The Hall–Kier alpha value is -1.75. The van der Waals surface area contributed by atoms with E-state index in [1.54, 1.807) is 18.1 Å². The highest BCUT2D eigenvalue weighted by Crippen LogP contribution is 2.13. The summed E-state index contributed by atoms with van der Waals surface area (Å²) in [4.78, 5) is 22.0. The minimum Gasteiger partial charge on any atom is -0.336 e. The maximum absolute atomic E-state index is 12.2. The van der Waals surface area contributed by atoms with E-state index in [9.17, 15) is 4.79 Å². The van der Waals surface area contributed by atoms with Gasteiger partial charge in [0.2, 0.25) is 0 Å². The monoisotopic (exact) mass is 319 g/mol. The molecule has 98 valence electrons. The van der Waals surface area contributed by atoms with Gasteiger partial charge >= 0.3 is 0 Å². The SMILES string of the molecule is Cc1cnc(C(=O)N(C)Cc2cccc(Br)c2)cn1. The van der Waals surface area contributed by atoms with Crippen LogP contribution in [0.2, 0.25) is 0 Å². The van der Waals surface area contributed by atoms with E-state index in [0.29, 0.717) is 12.2 Å². The molecular weight excluding hydrogens is 306 g/mol. The molecule has 0 fully saturated rings. The highest BCUT2D eigenvalue weighted by Gasteiger charge is 2.13. The van der Waals surface area contributed by atoms with Gasteiger partial charge in [-0.2, -0.15) is 0 Å². The van der Waals surface area contributed by atoms with Gasteiger partial charge in [0.25, 0.3) is 5.91 Å². The van der Waals surface area contributed by atoms with E-state index in [1.165, 1.54) is 6.20 Å². The van der Waals surface area contributed by atoms with Crippen molar-refractivity contribution in [2.24, 2.45) is 0 Å². The van der Waals surface area contributed by atoms with Crippen molar-refractivity contribution in [1.29, 1.82) is 0 Å². The zero-order valence-corrected chi connectivity index (χ0v) is 12.4. The summed E-state index contributed by atoms with van der Waals surface area (Å²) in [7, 11) is 1.75. The zero-order valence-electron chi connectivity index (χ0n) is 10.8. The van der Waals surface area contributed by atoms with E-state index in [1.807, 2.05) is 31.2 Å². The Bertz CT molecular complexity index is 583. The lowest BCUT2D eigenvalue weighted by Crippen LogP contribution is -2.27. The number of carbonyl (C=O) groups is 1. The molecular formula is C14H14BrN3O. The van der Waals surface area contributed by atoms with E-state index >= 15 is 0 Å². The number of aromatic nitrogens is 2. The molecule has 1 amide bonds. The van der Waals surface area contributed by atoms with Gasteiger partial charge in [-0.1, -0.05) is 28.1 Å². The number of amides is 1. The molecule has 19 heavy (non-hydrogen) atoms. The summed E-state index contributed by atoms with van der Waals surface area (Å²) < 4.78 is 1.00. The Labute approximate surface area is 120 Å². The molecule has 2 rings (SSSR count). The van der Waals surface area contributed by atoms with Gasteiger partial charge in [-0.3, -0.25) is 9.78 Å². The zero-order chi connectivity index (χ0) is 13.8.